The monoisotopic (exact) mass is 344 g/mol. The summed E-state index contributed by atoms with van der Waals surface area (Å²) in [5.41, 5.74) is 2.25. The van der Waals surface area contributed by atoms with Crippen LogP contribution in [0.15, 0.2) is 46.1 Å². The first-order valence-electron chi connectivity index (χ1n) is 7.02. The first-order chi connectivity index (χ1) is 11.4. The third-order valence-corrected chi connectivity index (χ3v) is 4.09. The summed E-state index contributed by atoms with van der Waals surface area (Å²) in [7, 11) is 2.58. The average molecular weight is 344 g/mol. The Morgan fingerprint density at radius 3 is 2.25 bits per heavy atom. The molecule has 1 aromatic rings. The second-order valence-corrected chi connectivity index (χ2v) is 5.52. The summed E-state index contributed by atoms with van der Waals surface area (Å²) >= 11 is 4.30. The summed E-state index contributed by atoms with van der Waals surface area (Å²) in [6.07, 6.45) is 0. The minimum Gasteiger partial charge on any atom is -0.466 e. The lowest BCUT2D eigenvalue weighted by Crippen LogP contribution is -2.27. The largest absolute Gasteiger partial charge is 0.466 e. The van der Waals surface area contributed by atoms with E-state index in [1.807, 2.05) is 0 Å². The van der Waals surface area contributed by atoms with Gasteiger partial charge in [-0.05, 0) is 24.6 Å². The van der Waals surface area contributed by atoms with E-state index in [9.17, 15) is 14.9 Å². The molecule has 1 aliphatic heterocycles. The number of esters is 2. The van der Waals surface area contributed by atoms with Crippen LogP contribution in [0, 0.1) is 11.3 Å². The van der Waals surface area contributed by atoms with Gasteiger partial charge < -0.3 is 14.8 Å². The van der Waals surface area contributed by atoms with Crippen molar-refractivity contribution in [3.05, 3.63) is 57.3 Å². The maximum atomic E-state index is 12.2. The molecule has 24 heavy (non-hydrogen) atoms. The highest BCUT2D eigenvalue weighted by Crippen LogP contribution is 2.39. The predicted octanol–water partition coefficient (Wildman–Crippen LogP) is 2.27. The molecule has 1 unspecified atom stereocenters. The lowest BCUT2D eigenvalue weighted by Gasteiger charge is -2.27. The molecule has 0 radical (unpaired) electrons. The normalized spacial score (nSPS) is 17.0. The molecule has 1 atom stereocenters. The fraction of sp³-hybridized carbons (Fsp3) is 0.235. The number of dihydropyridines is 1. The molecule has 0 aliphatic carbocycles. The van der Waals surface area contributed by atoms with Gasteiger partial charge >= 0.3 is 11.9 Å². The Labute approximate surface area is 145 Å². The summed E-state index contributed by atoms with van der Waals surface area (Å²) < 4.78 is 9.52. The zero-order chi connectivity index (χ0) is 17.9. The Hall–Kier alpha value is -2.72. The number of nitrogens with one attached hydrogen (secondary N) is 1. The summed E-state index contributed by atoms with van der Waals surface area (Å²) in [6.45, 7) is 1.71. The molecule has 0 fully saturated rings. The zero-order valence-electron chi connectivity index (χ0n) is 13.4. The van der Waals surface area contributed by atoms with Gasteiger partial charge in [0.2, 0.25) is 0 Å². The van der Waals surface area contributed by atoms with Gasteiger partial charge in [-0.1, -0.05) is 12.1 Å². The number of methoxy groups -OCH3 is 2. The molecule has 0 aromatic heterocycles. The second-order valence-electron chi connectivity index (χ2n) is 5.08. The number of nitriles is 1. The van der Waals surface area contributed by atoms with Crippen molar-refractivity contribution in [3.8, 4) is 6.07 Å². The van der Waals surface area contributed by atoms with Crippen LogP contribution in [-0.4, -0.2) is 26.2 Å². The molecule has 0 saturated carbocycles. The van der Waals surface area contributed by atoms with Gasteiger partial charge in [0, 0.05) is 5.70 Å². The van der Waals surface area contributed by atoms with Crippen LogP contribution in [-0.2, 0) is 14.3 Å². The second kappa shape index (κ2) is 7.23. The first kappa shape index (κ1) is 17.6. The fourth-order valence-corrected chi connectivity index (χ4v) is 2.92. The maximum absolute atomic E-state index is 12.2. The molecule has 0 spiro atoms. The Bertz CT molecular complexity index is 788. The lowest BCUT2D eigenvalue weighted by atomic mass is 9.82. The Morgan fingerprint density at radius 1 is 1.17 bits per heavy atom. The summed E-state index contributed by atoms with van der Waals surface area (Å²) in [4.78, 5) is 23.8. The number of carbonyl (C=O) groups is 2. The molecule has 0 amide bonds. The van der Waals surface area contributed by atoms with Crippen LogP contribution in [0.2, 0.25) is 0 Å². The van der Waals surface area contributed by atoms with Gasteiger partial charge in [-0.15, -0.1) is 12.6 Å². The van der Waals surface area contributed by atoms with Gasteiger partial charge in [-0.2, -0.15) is 5.26 Å². The van der Waals surface area contributed by atoms with Crippen LogP contribution >= 0.6 is 12.6 Å². The smallest absolute Gasteiger partial charge is 0.337 e. The molecule has 0 bridgehead atoms. The number of benzene rings is 1. The van der Waals surface area contributed by atoms with Crippen molar-refractivity contribution < 1.29 is 19.1 Å². The number of allylic oxidation sites excluding steroid dienone is 2. The van der Waals surface area contributed by atoms with Gasteiger partial charge in [-0.25, -0.2) is 9.59 Å². The van der Waals surface area contributed by atoms with E-state index in [1.165, 1.54) is 14.2 Å². The summed E-state index contributed by atoms with van der Waals surface area (Å²) in [5, 5.41) is 12.8. The number of thiol groups is 1. The van der Waals surface area contributed by atoms with E-state index in [1.54, 1.807) is 31.2 Å². The highest BCUT2D eigenvalue weighted by Gasteiger charge is 2.34. The quantitative estimate of drug-likeness (QED) is 0.646. The molecule has 6 nitrogen and oxygen atoms in total. The van der Waals surface area contributed by atoms with Crippen molar-refractivity contribution >= 4 is 24.6 Å². The third kappa shape index (κ3) is 3.14. The van der Waals surface area contributed by atoms with Gasteiger partial charge in [0.1, 0.15) is 0 Å². The van der Waals surface area contributed by atoms with Crippen LogP contribution in [0.5, 0.6) is 0 Å². The van der Waals surface area contributed by atoms with Crippen LogP contribution in [0.1, 0.15) is 28.8 Å². The molecular weight excluding hydrogens is 328 g/mol. The van der Waals surface area contributed by atoms with Crippen LogP contribution in [0.3, 0.4) is 0 Å². The maximum Gasteiger partial charge on any atom is 0.337 e. The molecule has 2 rings (SSSR count). The van der Waals surface area contributed by atoms with E-state index in [2.05, 4.69) is 28.8 Å². The number of hydrogen-bond acceptors (Lipinski definition) is 7. The molecule has 0 saturated heterocycles. The third-order valence-electron chi connectivity index (χ3n) is 3.73. The van der Waals surface area contributed by atoms with E-state index >= 15 is 0 Å². The lowest BCUT2D eigenvalue weighted by molar-refractivity contribution is -0.136. The number of ether oxygens (including phenoxy) is 2. The standard InChI is InChI=1S/C17H16N2O4S/c1-9-13(17(21)23-3)14(12(8-18)15(24)19-9)10-4-6-11(7-5-10)16(20)22-2/h4-7,14,19,24H,1-3H3. The van der Waals surface area contributed by atoms with Crippen LogP contribution < -0.4 is 5.32 Å². The molecule has 1 aliphatic rings. The summed E-state index contributed by atoms with van der Waals surface area (Å²) in [5.74, 6) is -1.61. The molecule has 7 heteroatoms. The van der Waals surface area contributed by atoms with Crippen molar-refractivity contribution in [1.82, 2.24) is 5.32 Å². The van der Waals surface area contributed by atoms with Crippen molar-refractivity contribution in [2.45, 2.75) is 12.8 Å². The van der Waals surface area contributed by atoms with Crippen molar-refractivity contribution in [2.24, 2.45) is 0 Å². The first-order valence-corrected chi connectivity index (χ1v) is 7.46. The Balaban J connectivity index is 2.56. The van der Waals surface area contributed by atoms with Crippen molar-refractivity contribution in [3.63, 3.8) is 0 Å². The minimum absolute atomic E-state index is 0.301. The van der Waals surface area contributed by atoms with Crippen LogP contribution in [0.25, 0.3) is 0 Å². The average Bonchev–Trinajstić information content (AvgIpc) is 2.60. The molecular formula is C17H16N2O4S. The van der Waals surface area contributed by atoms with E-state index in [4.69, 9.17) is 4.74 Å². The van der Waals surface area contributed by atoms with Gasteiger partial charge in [0.15, 0.2) is 0 Å². The van der Waals surface area contributed by atoms with E-state index in [-0.39, 0.29) is 0 Å². The Kier molecular flexibility index (Phi) is 5.31. The number of carbonyl (C=O) groups excluding carboxylic acids is 2. The van der Waals surface area contributed by atoms with Gasteiger partial charge in [0.25, 0.3) is 0 Å². The highest BCUT2D eigenvalue weighted by atomic mass is 32.1. The van der Waals surface area contributed by atoms with E-state index in [0.717, 1.165) is 0 Å². The molecule has 1 heterocycles. The SMILES string of the molecule is COC(=O)C1=C(C)NC(S)=C(C#N)C1c1ccc(C(=O)OC)cc1. The molecule has 124 valence electrons. The van der Waals surface area contributed by atoms with Gasteiger partial charge in [-0.3, -0.25) is 0 Å². The molecule has 1 aromatic carbocycles. The predicted molar refractivity (Wildman–Crippen MR) is 90.0 cm³/mol. The molecule has 1 N–H and O–H groups in total. The van der Waals surface area contributed by atoms with Gasteiger partial charge in [0.05, 0.1) is 47.9 Å². The van der Waals surface area contributed by atoms with E-state index in [0.29, 0.717) is 33.0 Å². The Morgan fingerprint density at radius 2 is 1.75 bits per heavy atom. The van der Waals surface area contributed by atoms with Crippen LogP contribution in [0.4, 0.5) is 0 Å². The fourth-order valence-electron chi connectivity index (χ4n) is 2.57. The van der Waals surface area contributed by atoms with E-state index < -0.39 is 17.9 Å². The van der Waals surface area contributed by atoms with Crippen molar-refractivity contribution in [2.75, 3.05) is 14.2 Å². The number of rotatable bonds is 3. The number of nitrogens with zero attached hydrogens (tertiary/aromatic N) is 1. The topological polar surface area (TPSA) is 88.4 Å². The number of hydrogen-bond donors (Lipinski definition) is 2. The minimum atomic E-state index is -0.622. The van der Waals surface area contributed by atoms with Crippen molar-refractivity contribution in [1.29, 1.82) is 5.26 Å². The highest BCUT2D eigenvalue weighted by molar-refractivity contribution is 7.84. The zero-order valence-corrected chi connectivity index (χ0v) is 14.3. The summed E-state index contributed by atoms with van der Waals surface area (Å²) in [6, 6.07) is 8.61.